The van der Waals surface area contributed by atoms with Crippen molar-refractivity contribution in [3.8, 4) is 0 Å². The van der Waals surface area contributed by atoms with Gasteiger partial charge in [0.1, 0.15) is 0 Å². The third-order valence-corrected chi connectivity index (χ3v) is 2.68. The van der Waals surface area contributed by atoms with E-state index in [1.54, 1.807) is 7.05 Å². The van der Waals surface area contributed by atoms with Crippen molar-refractivity contribution >= 4 is 17.7 Å². The highest BCUT2D eigenvalue weighted by Crippen LogP contribution is 2.07. The van der Waals surface area contributed by atoms with Crippen LogP contribution in [0.5, 0.6) is 0 Å². The first-order valence-electron chi connectivity index (χ1n) is 6.65. The van der Waals surface area contributed by atoms with Gasteiger partial charge in [0.05, 0.1) is 19.6 Å². The molecule has 4 N–H and O–H groups in total. The van der Waals surface area contributed by atoms with Crippen LogP contribution in [0.2, 0.25) is 0 Å². The van der Waals surface area contributed by atoms with Crippen molar-refractivity contribution in [1.82, 2.24) is 15.5 Å². The molecule has 0 fully saturated rings. The van der Waals surface area contributed by atoms with Gasteiger partial charge in [-0.25, -0.2) is 0 Å². The highest BCUT2D eigenvalue weighted by atomic mass is 16.2. The summed E-state index contributed by atoms with van der Waals surface area (Å²) in [6.45, 7) is 3.51. The van der Waals surface area contributed by atoms with Crippen LogP contribution < -0.4 is 16.4 Å². The van der Waals surface area contributed by atoms with Gasteiger partial charge in [0.15, 0.2) is 0 Å². The molecule has 114 valence electrons. The minimum atomic E-state index is -0.425. The van der Waals surface area contributed by atoms with E-state index in [1.165, 1.54) is 4.90 Å². The van der Waals surface area contributed by atoms with Gasteiger partial charge in [0.2, 0.25) is 17.7 Å². The topological polar surface area (TPSA) is 105 Å². The minimum Gasteiger partial charge on any atom is -0.346 e. The molecule has 0 saturated heterocycles. The number of carbonyl (C=O) groups excluding carboxylic acids is 3. The van der Waals surface area contributed by atoms with Crippen LogP contribution in [0.1, 0.15) is 26.7 Å². The Morgan fingerprint density at radius 3 is 2.20 bits per heavy atom. The lowest BCUT2D eigenvalue weighted by Crippen LogP contribution is -2.43. The van der Waals surface area contributed by atoms with E-state index in [4.69, 9.17) is 5.73 Å². The Hall–Kier alpha value is -1.89. The van der Waals surface area contributed by atoms with Gasteiger partial charge in [0.25, 0.3) is 0 Å². The Kier molecular flexibility index (Phi) is 9.02. The van der Waals surface area contributed by atoms with Crippen LogP contribution in [-0.4, -0.2) is 49.3 Å². The van der Waals surface area contributed by atoms with Crippen molar-refractivity contribution < 1.29 is 14.4 Å². The number of nitrogens with two attached hydrogens (primary N) is 1. The van der Waals surface area contributed by atoms with E-state index in [0.29, 0.717) is 0 Å². The highest BCUT2D eigenvalue weighted by Gasteiger charge is 2.13. The van der Waals surface area contributed by atoms with Gasteiger partial charge in [0, 0.05) is 12.7 Å². The molecule has 0 saturated carbocycles. The monoisotopic (exact) mass is 284 g/mol. The van der Waals surface area contributed by atoms with Gasteiger partial charge in [-0.1, -0.05) is 19.9 Å². The molecule has 3 amide bonds. The number of hydrogen-bond donors (Lipinski definition) is 3. The smallest absolute Gasteiger partial charge is 0.245 e. The molecule has 0 bridgehead atoms. The van der Waals surface area contributed by atoms with E-state index < -0.39 is 11.8 Å². The van der Waals surface area contributed by atoms with Gasteiger partial charge >= 0.3 is 0 Å². The Bertz CT molecular complexity index is 380. The van der Waals surface area contributed by atoms with Gasteiger partial charge in [-0.2, -0.15) is 0 Å². The predicted molar refractivity (Wildman–Crippen MR) is 76.5 cm³/mol. The Morgan fingerprint density at radius 1 is 1.10 bits per heavy atom. The van der Waals surface area contributed by atoms with E-state index in [9.17, 15) is 14.4 Å². The maximum atomic E-state index is 11.9. The first kappa shape index (κ1) is 18.1. The van der Waals surface area contributed by atoms with E-state index in [-0.39, 0.29) is 25.5 Å². The molecule has 0 aliphatic rings. The van der Waals surface area contributed by atoms with Gasteiger partial charge in [-0.05, 0) is 12.8 Å². The van der Waals surface area contributed by atoms with Crippen LogP contribution >= 0.6 is 0 Å². The van der Waals surface area contributed by atoms with Crippen LogP contribution in [0.25, 0.3) is 0 Å². The standard InChI is InChI=1S/C13H24N4O3/c1-4-6-10(5-2)17(3)13(20)9-16-12(19)8-15-11(18)7-14/h6H,4-5,7-9,14H2,1-3H3,(H,15,18)(H,16,19)/b10-6+. The van der Waals surface area contributed by atoms with Crippen LogP contribution in [0, 0.1) is 0 Å². The lowest BCUT2D eigenvalue weighted by molar-refractivity contribution is -0.130. The Labute approximate surface area is 119 Å². The molecule has 0 radical (unpaired) electrons. The molecule has 0 spiro atoms. The molecule has 0 atom stereocenters. The molecule has 7 heteroatoms. The highest BCUT2D eigenvalue weighted by molar-refractivity contribution is 5.88. The lowest BCUT2D eigenvalue weighted by atomic mass is 10.2. The zero-order valence-corrected chi connectivity index (χ0v) is 12.4. The molecule has 0 aliphatic carbocycles. The second-order valence-corrected chi connectivity index (χ2v) is 4.17. The number of carbonyl (C=O) groups is 3. The van der Waals surface area contributed by atoms with Crippen molar-refractivity contribution in [3.05, 3.63) is 11.8 Å². The lowest BCUT2D eigenvalue weighted by Gasteiger charge is -2.20. The van der Waals surface area contributed by atoms with E-state index in [0.717, 1.165) is 18.5 Å². The largest absolute Gasteiger partial charge is 0.346 e. The predicted octanol–water partition coefficient (Wildman–Crippen LogP) is -0.660. The summed E-state index contributed by atoms with van der Waals surface area (Å²) < 4.78 is 0. The zero-order chi connectivity index (χ0) is 15.5. The molecule has 7 nitrogen and oxygen atoms in total. The second kappa shape index (κ2) is 9.96. The van der Waals surface area contributed by atoms with Crippen molar-refractivity contribution in [2.24, 2.45) is 5.73 Å². The average molecular weight is 284 g/mol. The van der Waals surface area contributed by atoms with Crippen LogP contribution in [0.3, 0.4) is 0 Å². The maximum Gasteiger partial charge on any atom is 0.245 e. The summed E-state index contributed by atoms with van der Waals surface area (Å²) in [6, 6.07) is 0. The summed E-state index contributed by atoms with van der Waals surface area (Å²) in [7, 11) is 1.68. The van der Waals surface area contributed by atoms with E-state index >= 15 is 0 Å². The summed E-state index contributed by atoms with van der Waals surface area (Å²) in [4.78, 5) is 35.7. The van der Waals surface area contributed by atoms with Crippen molar-refractivity contribution in [1.29, 1.82) is 0 Å². The number of nitrogens with zero attached hydrogens (tertiary/aromatic N) is 1. The van der Waals surface area contributed by atoms with E-state index in [1.807, 2.05) is 19.9 Å². The van der Waals surface area contributed by atoms with Crippen LogP contribution in [0.15, 0.2) is 11.8 Å². The minimum absolute atomic E-state index is 0.102. The van der Waals surface area contributed by atoms with Crippen molar-refractivity contribution in [2.45, 2.75) is 26.7 Å². The van der Waals surface area contributed by atoms with Crippen LogP contribution in [-0.2, 0) is 14.4 Å². The average Bonchev–Trinajstić information content (AvgIpc) is 2.46. The molecule has 0 unspecified atom stereocenters. The summed E-state index contributed by atoms with van der Waals surface area (Å²) in [5.41, 5.74) is 6.01. The second-order valence-electron chi connectivity index (χ2n) is 4.17. The van der Waals surface area contributed by atoms with E-state index in [2.05, 4.69) is 10.6 Å². The number of hydrogen-bond acceptors (Lipinski definition) is 4. The summed E-state index contributed by atoms with van der Waals surface area (Å²) >= 11 is 0. The van der Waals surface area contributed by atoms with Crippen LogP contribution in [0.4, 0.5) is 0 Å². The van der Waals surface area contributed by atoms with Crippen molar-refractivity contribution in [2.75, 3.05) is 26.7 Å². The first-order valence-corrected chi connectivity index (χ1v) is 6.65. The number of nitrogens with one attached hydrogen (secondary N) is 2. The molecular weight excluding hydrogens is 260 g/mol. The molecule has 20 heavy (non-hydrogen) atoms. The summed E-state index contributed by atoms with van der Waals surface area (Å²) in [5, 5.41) is 4.78. The fraction of sp³-hybridized carbons (Fsp3) is 0.615. The third-order valence-electron chi connectivity index (χ3n) is 2.68. The normalized spacial score (nSPS) is 10.9. The van der Waals surface area contributed by atoms with Gasteiger partial charge in [-0.3, -0.25) is 14.4 Å². The SMILES string of the molecule is CC/C=C(\CC)N(C)C(=O)CNC(=O)CNC(=O)CN. The molecule has 0 heterocycles. The zero-order valence-electron chi connectivity index (χ0n) is 12.4. The number of allylic oxidation sites excluding steroid dienone is 2. The Balaban J connectivity index is 4.18. The number of rotatable bonds is 8. The summed E-state index contributed by atoms with van der Waals surface area (Å²) in [5.74, 6) is -1.04. The van der Waals surface area contributed by atoms with Gasteiger partial charge in [-0.15, -0.1) is 0 Å². The third kappa shape index (κ3) is 6.89. The molecule has 0 rings (SSSR count). The molecule has 0 aliphatic heterocycles. The fourth-order valence-corrected chi connectivity index (χ4v) is 1.52. The Morgan fingerprint density at radius 2 is 1.70 bits per heavy atom. The molecule has 0 aromatic heterocycles. The van der Waals surface area contributed by atoms with Gasteiger partial charge < -0.3 is 21.3 Å². The molecule has 0 aromatic carbocycles. The fourth-order valence-electron chi connectivity index (χ4n) is 1.52. The maximum absolute atomic E-state index is 11.9. The molecule has 0 aromatic rings. The number of amides is 3. The number of likely N-dealkylation sites (N-methyl/N-ethyl adjacent to an activating group) is 1. The summed E-state index contributed by atoms with van der Waals surface area (Å²) in [6.07, 6.45) is 3.57. The molecular formula is C13H24N4O3. The first-order chi connectivity index (χ1) is 9.46. The van der Waals surface area contributed by atoms with Crippen molar-refractivity contribution in [3.63, 3.8) is 0 Å². The quantitative estimate of drug-likeness (QED) is 0.550.